The van der Waals surface area contributed by atoms with Crippen molar-refractivity contribution in [3.63, 3.8) is 0 Å². The predicted molar refractivity (Wildman–Crippen MR) is 66.0 cm³/mol. The van der Waals surface area contributed by atoms with Crippen LogP contribution in [0.25, 0.3) is 5.03 Å². The molecule has 0 atom stereocenters. The van der Waals surface area contributed by atoms with Crippen molar-refractivity contribution in [2.75, 3.05) is 6.61 Å². The third-order valence-electron chi connectivity index (χ3n) is 1.88. The number of ether oxygens (including phenoxy) is 1. The van der Waals surface area contributed by atoms with E-state index >= 15 is 0 Å². The molecule has 0 radical (unpaired) electrons. The van der Waals surface area contributed by atoms with E-state index in [4.69, 9.17) is 16.3 Å². The minimum absolute atomic E-state index is 0.152. The predicted octanol–water partition coefficient (Wildman–Crippen LogP) is 3.39. The number of rotatable bonds is 4. The van der Waals surface area contributed by atoms with Crippen molar-refractivity contribution < 1.29 is 9.53 Å². The molecule has 0 amide bonds. The molecule has 0 aliphatic carbocycles. The SMILES string of the molecule is C=C(C)C(=O)OCC=C(Cl)c1ccccc1. The molecule has 0 bridgehead atoms. The molecule has 1 aromatic rings. The van der Waals surface area contributed by atoms with Crippen LogP contribution in [0, 0.1) is 0 Å². The van der Waals surface area contributed by atoms with E-state index in [0.29, 0.717) is 10.6 Å². The van der Waals surface area contributed by atoms with E-state index in [9.17, 15) is 4.79 Å². The fourth-order valence-corrected chi connectivity index (χ4v) is 1.22. The van der Waals surface area contributed by atoms with Crippen LogP contribution in [0.1, 0.15) is 12.5 Å². The zero-order valence-electron chi connectivity index (χ0n) is 9.07. The molecule has 84 valence electrons. The van der Waals surface area contributed by atoms with Crippen LogP contribution in [0.15, 0.2) is 48.6 Å². The van der Waals surface area contributed by atoms with Crippen LogP contribution < -0.4 is 0 Å². The first-order chi connectivity index (χ1) is 7.61. The van der Waals surface area contributed by atoms with E-state index in [1.54, 1.807) is 13.0 Å². The number of hydrogen-bond donors (Lipinski definition) is 0. The number of halogens is 1. The number of carbonyl (C=O) groups excluding carboxylic acids is 1. The van der Waals surface area contributed by atoms with Gasteiger partial charge in [0.25, 0.3) is 0 Å². The summed E-state index contributed by atoms with van der Waals surface area (Å²) in [6.07, 6.45) is 1.65. The largest absolute Gasteiger partial charge is 0.458 e. The third kappa shape index (κ3) is 3.91. The first-order valence-corrected chi connectivity index (χ1v) is 5.23. The molecule has 16 heavy (non-hydrogen) atoms. The van der Waals surface area contributed by atoms with Gasteiger partial charge in [-0.05, 0) is 18.6 Å². The summed E-state index contributed by atoms with van der Waals surface area (Å²) in [4.78, 5) is 11.1. The molecule has 0 heterocycles. The molecule has 0 aliphatic heterocycles. The van der Waals surface area contributed by atoms with Crippen molar-refractivity contribution in [2.24, 2.45) is 0 Å². The Bertz CT molecular complexity index is 407. The van der Waals surface area contributed by atoms with E-state index in [1.807, 2.05) is 30.3 Å². The van der Waals surface area contributed by atoms with Gasteiger partial charge in [-0.15, -0.1) is 0 Å². The van der Waals surface area contributed by atoms with Crippen molar-refractivity contribution in [3.8, 4) is 0 Å². The Morgan fingerprint density at radius 3 is 2.62 bits per heavy atom. The second kappa shape index (κ2) is 6.13. The lowest BCUT2D eigenvalue weighted by molar-refractivity contribution is -0.137. The average molecular weight is 237 g/mol. The van der Waals surface area contributed by atoms with E-state index in [0.717, 1.165) is 5.56 Å². The highest BCUT2D eigenvalue weighted by molar-refractivity contribution is 6.48. The van der Waals surface area contributed by atoms with Crippen LogP contribution in [0.2, 0.25) is 0 Å². The lowest BCUT2D eigenvalue weighted by atomic mass is 10.2. The van der Waals surface area contributed by atoms with Gasteiger partial charge in [-0.2, -0.15) is 0 Å². The van der Waals surface area contributed by atoms with Crippen LogP contribution in [-0.4, -0.2) is 12.6 Å². The highest BCUT2D eigenvalue weighted by Gasteiger charge is 2.01. The summed E-state index contributed by atoms with van der Waals surface area (Å²) in [5.41, 5.74) is 1.28. The molecule has 1 aromatic carbocycles. The molecule has 0 aliphatic rings. The van der Waals surface area contributed by atoms with Gasteiger partial charge in [0, 0.05) is 10.6 Å². The lowest BCUT2D eigenvalue weighted by Crippen LogP contribution is -2.04. The van der Waals surface area contributed by atoms with E-state index in [2.05, 4.69) is 6.58 Å². The number of hydrogen-bond acceptors (Lipinski definition) is 2. The molecule has 0 unspecified atom stereocenters. The van der Waals surface area contributed by atoms with Crippen LogP contribution >= 0.6 is 11.6 Å². The maximum atomic E-state index is 11.1. The molecular formula is C13H13ClO2. The van der Waals surface area contributed by atoms with Crippen LogP contribution in [0.3, 0.4) is 0 Å². The van der Waals surface area contributed by atoms with Gasteiger partial charge in [-0.3, -0.25) is 0 Å². The summed E-state index contributed by atoms with van der Waals surface area (Å²) in [5.74, 6) is -0.409. The maximum Gasteiger partial charge on any atom is 0.333 e. The van der Waals surface area contributed by atoms with Gasteiger partial charge in [-0.25, -0.2) is 4.79 Å². The van der Waals surface area contributed by atoms with Gasteiger partial charge in [0.2, 0.25) is 0 Å². The van der Waals surface area contributed by atoms with Crippen LogP contribution in [-0.2, 0) is 9.53 Å². The Balaban J connectivity index is 2.53. The zero-order valence-corrected chi connectivity index (χ0v) is 9.83. The molecule has 1 rings (SSSR count). The molecule has 0 saturated heterocycles. The summed E-state index contributed by atoms with van der Waals surface area (Å²) in [7, 11) is 0. The number of esters is 1. The van der Waals surface area contributed by atoms with Gasteiger partial charge in [0.05, 0.1) is 0 Å². The lowest BCUT2D eigenvalue weighted by Gasteiger charge is -2.01. The van der Waals surface area contributed by atoms with E-state index in [1.165, 1.54) is 0 Å². The molecule has 0 saturated carbocycles. The average Bonchev–Trinajstić information content (AvgIpc) is 2.29. The number of benzene rings is 1. The van der Waals surface area contributed by atoms with Crippen molar-refractivity contribution >= 4 is 22.6 Å². The quantitative estimate of drug-likeness (QED) is 0.592. The summed E-state index contributed by atoms with van der Waals surface area (Å²) < 4.78 is 4.90. The second-order valence-corrected chi connectivity index (χ2v) is 3.70. The highest BCUT2D eigenvalue weighted by atomic mass is 35.5. The van der Waals surface area contributed by atoms with Crippen LogP contribution in [0.5, 0.6) is 0 Å². The Labute approximate surface area is 100 Å². The minimum atomic E-state index is -0.409. The molecule has 0 spiro atoms. The van der Waals surface area contributed by atoms with Gasteiger partial charge in [0.15, 0.2) is 0 Å². The van der Waals surface area contributed by atoms with E-state index < -0.39 is 5.97 Å². The second-order valence-electron chi connectivity index (χ2n) is 3.30. The first kappa shape index (κ1) is 12.5. The van der Waals surface area contributed by atoms with Crippen molar-refractivity contribution in [1.29, 1.82) is 0 Å². The highest BCUT2D eigenvalue weighted by Crippen LogP contribution is 2.17. The van der Waals surface area contributed by atoms with Crippen molar-refractivity contribution in [3.05, 3.63) is 54.1 Å². The Kier molecular flexibility index (Phi) is 4.80. The summed E-state index contributed by atoms with van der Waals surface area (Å²) in [6.45, 7) is 5.24. The van der Waals surface area contributed by atoms with E-state index in [-0.39, 0.29) is 6.61 Å². The van der Waals surface area contributed by atoms with Gasteiger partial charge in [0.1, 0.15) is 6.61 Å². The first-order valence-electron chi connectivity index (χ1n) is 4.85. The van der Waals surface area contributed by atoms with Crippen molar-refractivity contribution in [2.45, 2.75) is 6.92 Å². The smallest absolute Gasteiger partial charge is 0.333 e. The molecule has 3 heteroatoms. The number of carbonyl (C=O) groups is 1. The summed E-state index contributed by atoms with van der Waals surface area (Å²) in [5, 5.41) is 0.565. The van der Waals surface area contributed by atoms with Crippen molar-refractivity contribution in [1.82, 2.24) is 0 Å². The minimum Gasteiger partial charge on any atom is -0.458 e. The fraction of sp³-hybridized carbons (Fsp3) is 0.154. The fourth-order valence-electron chi connectivity index (χ4n) is 1.03. The van der Waals surface area contributed by atoms with Gasteiger partial charge < -0.3 is 4.74 Å². The molecule has 0 N–H and O–H groups in total. The Morgan fingerprint density at radius 2 is 2.06 bits per heavy atom. The third-order valence-corrected chi connectivity index (χ3v) is 2.25. The Hall–Kier alpha value is -1.54. The summed E-state index contributed by atoms with van der Waals surface area (Å²) >= 11 is 6.02. The topological polar surface area (TPSA) is 26.3 Å². The zero-order chi connectivity index (χ0) is 12.0. The Morgan fingerprint density at radius 1 is 1.44 bits per heavy atom. The van der Waals surface area contributed by atoms with Crippen LogP contribution in [0.4, 0.5) is 0 Å². The maximum absolute atomic E-state index is 11.1. The molecular weight excluding hydrogens is 224 g/mol. The van der Waals surface area contributed by atoms with Gasteiger partial charge in [-0.1, -0.05) is 48.5 Å². The summed E-state index contributed by atoms with van der Waals surface area (Å²) in [6, 6.07) is 9.48. The van der Waals surface area contributed by atoms with Gasteiger partial charge >= 0.3 is 5.97 Å². The monoisotopic (exact) mass is 236 g/mol. The standard InChI is InChI=1S/C13H13ClO2/c1-10(2)13(15)16-9-8-12(14)11-6-4-3-5-7-11/h3-8H,1,9H2,2H3. The molecule has 0 aromatic heterocycles. The molecule has 0 fully saturated rings. The normalized spacial score (nSPS) is 11.0. The molecule has 2 nitrogen and oxygen atoms in total.